The molecule has 6 nitrogen and oxygen atoms in total. The van der Waals surface area contributed by atoms with E-state index >= 15 is 0 Å². The summed E-state index contributed by atoms with van der Waals surface area (Å²) < 4.78 is 15.5. The second kappa shape index (κ2) is 6.70. The highest BCUT2D eigenvalue weighted by atomic mass is 16.6. The number of esters is 2. The summed E-state index contributed by atoms with van der Waals surface area (Å²) >= 11 is 0. The van der Waals surface area contributed by atoms with Crippen molar-refractivity contribution in [3.63, 3.8) is 0 Å². The fourth-order valence-corrected chi connectivity index (χ4v) is 3.05. The molecule has 0 unspecified atom stereocenters. The molecule has 2 heterocycles. The van der Waals surface area contributed by atoms with Gasteiger partial charge in [0, 0.05) is 23.8 Å². The molecular formula is C19H20O6. The minimum Gasteiger partial charge on any atom is -0.460 e. The fourth-order valence-electron chi connectivity index (χ4n) is 3.05. The minimum absolute atomic E-state index is 0.00112. The Hall–Kier alpha value is -2.63. The topological polar surface area (TPSA) is 82.8 Å². The zero-order valence-electron chi connectivity index (χ0n) is 14.5. The number of aryl methyl sites for hydroxylation is 2. The Morgan fingerprint density at radius 1 is 1.28 bits per heavy atom. The van der Waals surface area contributed by atoms with E-state index in [9.17, 15) is 14.4 Å². The van der Waals surface area contributed by atoms with Crippen molar-refractivity contribution in [1.82, 2.24) is 0 Å². The van der Waals surface area contributed by atoms with Gasteiger partial charge in [0.2, 0.25) is 6.10 Å². The lowest BCUT2D eigenvalue weighted by Crippen LogP contribution is -2.23. The lowest BCUT2D eigenvalue weighted by Gasteiger charge is -2.10. The molecule has 132 valence electrons. The van der Waals surface area contributed by atoms with Crippen molar-refractivity contribution in [3.05, 3.63) is 45.3 Å². The van der Waals surface area contributed by atoms with Crippen molar-refractivity contribution in [2.75, 3.05) is 0 Å². The van der Waals surface area contributed by atoms with Gasteiger partial charge in [0.1, 0.15) is 11.7 Å². The molecule has 6 heteroatoms. The average molecular weight is 344 g/mol. The maximum absolute atomic E-state index is 12.2. The molecule has 1 aromatic carbocycles. The SMILES string of the molecule is Cc1ccc2c(C)c(CCC(=O)O[C@@H]3C[C@@H](C)OC3=O)c(=O)oc2c1. The zero-order chi connectivity index (χ0) is 18.1. The maximum Gasteiger partial charge on any atom is 0.347 e. The van der Waals surface area contributed by atoms with Crippen LogP contribution in [0.1, 0.15) is 36.5 Å². The Labute approximate surface area is 144 Å². The first-order valence-electron chi connectivity index (χ1n) is 8.28. The first-order valence-corrected chi connectivity index (χ1v) is 8.28. The molecule has 3 rings (SSSR count). The van der Waals surface area contributed by atoms with Crippen molar-refractivity contribution in [2.24, 2.45) is 0 Å². The van der Waals surface area contributed by atoms with Gasteiger partial charge in [-0.05, 0) is 44.4 Å². The van der Waals surface area contributed by atoms with Crippen molar-refractivity contribution in [3.8, 4) is 0 Å². The summed E-state index contributed by atoms with van der Waals surface area (Å²) in [6.45, 7) is 5.51. The van der Waals surface area contributed by atoms with Crippen LogP contribution < -0.4 is 5.63 Å². The molecule has 0 aliphatic carbocycles. The Kier molecular flexibility index (Phi) is 4.61. The Bertz CT molecular complexity index is 895. The van der Waals surface area contributed by atoms with Gasteiger partial charge in [0.25, 0.3) is 0 Å². The molecule has 0 spiro atoms. The average Bonchev–Trinajstić information content (AvgIpc) is 2.84. The van der Waals surface area contributed by atoms with Crippen LogP contribution in [0.25, 0.3) is 11.0 Å². The monoisotopic (exact) mass is 344 g/mol. The molecule has 2 aromatic rings. The first-order chi connectivity index (χ1) is 11.8. The quantitative estimate of drug-likeness (QED) is 0.626. The molecule has 1 fully saturated rings. The highest BCUT2D eigenvalue weighted by Crippen LogP contribution is 2.22. The molecule has 0 bridgehead atoms. The first kappa shape index (κ1) is 17.2. The number of benzene rings is 1. The lowest BCUT2D eigenvalue weighted by atomic mass is 10.0. The van der Waals surface area contributed by atoms with Crippen LogP contribution in [0, 0.1) is 13.8 Å². The summed E-state index contributed by atoms with van der Waals surface area (Å²) in [5.74, 6) is -1.04. The summed E-state index contributed by atoms with van der Waals surface area (Å²) in [4.78, 5) is 35.7. The smallest absolute Gasteiger partial charge is 0.347 e. The van der Waals surface area contributed by atoms with Gasteiger partial charge in [0.05, 0.1) is 0 Å². The normalized spacial score (nSPS) is 19.9. The number of cyclic esters (lactones) is 1. The van der Waals surface area contributed by atoms with Crippen molar-refractivity contribution in [1.29, 1.82) is 0 Å². The molecule has 1 aromatic heterocycles. The number of carbonyl (C=O) groups is 2. The largest absolute Gasteiger partial charge is 0.460 e. The number of rotatable bonds is 4. The van der Waals surface area contributed by atoms with Crippen LogP contribution in [-0.4, -0.2) is 24.1 Å². The van der Waals surface area contributed by atoms with E-state index in [1.807, 2.05) is 32.0 Å². The number of hydrogen-bond acceptors (Lipinski definition) is 6. The minimum atomic E-state index is -0.848. The molecule has 2 atom stereocenters. The molecule has 0 radical (unpaired) electrons. The van der Waals surface area contributed by atoms with E-state index in [-0.39, 0.29) is 18.9 Å². The molecule has 25 heavy (non-hydrogen) atoms. The second-order valence-electron chi connectivity index (χ2n) is 6.45. The zero-order valence-corrected chi connectivity index (χ0v) is 14.5. The second-order valence-corrected chi connectivity index (χ2v) is 6.45. The van der Waals surface area contributed by atoms with Gasteiger partial charge >= 0.3 is 17.6 Å². The molecule has 0 saturated carbocycles. The van der Waals surface area contributed by atoms with E-state index in [4.69, 9.17) is 13.9 Å². The molecular weight excluding hydrogens is 324 g/mol. The lowest BCUT2D eigenvalue weighted by molar-refractivity contribution is -0.160. The number of fused-ring (bicyclic) bond motifs is 1. The molecule has 0 N–H and O–H groups in total. The molecule has 1 aliphatic rings. The van der Waals surface area contributed by atoms with Gasteiger partial charge in [-0.3, -0.25) is 4.79 Å². The van der Waals surface area contributed by atoms with E-state index in [0.29, 0.717) is 17.6 Å². The van der Waals surface area contributed by atoms with E-state index in [1.165, 1.54) is 0 Å². The van der Waals surface area contributed by atoms with Crippen LogP contribution >= 0.6 is 0 Å². The third-order valence-corrected chi connectivity index (χ3v) is 4.42. The van der Waals surface area contributed by atoms with Gasteiger partial charge in [-0.15, -0.1) is 0 Å². The van der Waals surface area contributed by atoms with Crippen LogP contribution in [-0.2, 0) is 25.5 Å². The fraction of sp³-hybridized carbons (Fsp3) is 0.421. The van der Waals surface area contributed by atoms with Crippen molar-refractivity contribution >= 4 is 22.9 Å². The predicted molar refractivity (Wildman–Crippen MR) is 90.3 cm³/mol. The van der Waals surface area contributed by atoms with Gasteiger partial charge in [-0.2, -0.15) is 0 Å². The number of hydrogen-bond donors (Lipinski definition) is 0. The van der Waals surface area contributed by atoms with Crippen LogP contribution in [0.4, 0.5) is 0 Å². The Morgan fingerprint density at radius 2 is 2.04 bits per heavy atom. The summed E-state index contributed by atoms with van der Waals surface area (Å²) in [7, 11) is 0. The van der Waals surface area contributed by atoms with Gasteiger partial charge in [-0.1, -0.05) is 12.1 Å². The van der Waals surface area contributed by atoms with Crippen LogP contribution in [0.2, 0.25) is 0 Å². The summed E-state index contributed by atoms with van der Waals surface area (Å²) in [6.07, 6.45) is -0.529. The van der Waals surface area contributed by atoms with E-state index in [2.05, 4.69) is 0 Å². The third kappa shape index (κ3) is 3.57. The van der Waals surface area contributed by atoms with Gasteiger partial charge in [0.15, 0.2) is 0 Å². The maximum atomic E-state index is 12.2. The summed E-state index contributed by atoms with van der Waals surface area (Å²) in [6, 6.07) is 5.66. The van der Waals surface area contributed by atoms with E-state index in [1.54, 1.807) is 6.92 Å². The highest BCUT2D eigenvalue weighted by molar-refractivity contribution is 5.82. The molecule has 1 aliphatic heterocycles. The third-order valence-electron chi connectivity index (χ3n) is 4.42. The van der Waals surface area contributed by atoms with Crippen molar-refractivity contribution in [2.45, 2.75) is 52.2 Å². The highest BCUT2D eigenvalue weighted by Gasteiger charge is 2.34. The van der Waals surface area contributed by atoms with Gasteiger partial charge in [-0.25, -0.2) is 9.59 Å². The Balaban J connectivity index is 1.73. The summed E-state index contributed by atoms with van der Waals surface area (Å²) in [5, 5.41) is 0.849. The van der Waals surface area contributed by atoms with E-state index < -0.39 is 23.7 Å². The van der Waals surface area contributed by atoms with Crippen LogP contribution in [0.5, 0.6) is 0 Å². The molecule has 0 amide bonds. The standard InChI is InChI=1S/C19H20O6/c1-10-4-5-13-12(3)14(18(21)25-15(13)8-10)6-7-17(20)24-16-9-11(2)23-19(16)22/h4-5,8,11,16H,6-7,9H2,1-3H3/t11-,16-/m1/s1. The van der Waals surface area contributed by atoms with Crippen LogP contribution in [0.3, 0.4) is 0 Å². The molecule has 1 saturated heterocycles. The summed E-state index contributed by atoms with van der Waals surface area (Å²) in [5.41, 5.74) is 2.35. The van der Waals surface area contributed by atoms with Gasteiger partial charge < -0.3 is 13.9 Å². The number of ether oxygens (including phenoxy) is 2. The number of carbonyl (C=O) groups excluding carboxylic acids is 2. The van der Waals surface area contributed by atoms with Crippen molar-refractivity contribution < 1.29 is 23.5 Å². The van der Waals surface area contributed by atoms with Crippen LogP contribution in [0.15, 0.2) is 27.4 Å². The van der Waals surface area contributed by atoms with E-state index in [0.717, 1.165) is 16.5 Å². The Morgan fingerprint density at radius 3 is 2.72 bits per heavy atom. The predicted octanol–water partition coefficient (Wildman–Crippen LogP) is 2.59.